The second-order valence-corrected chi connectivity index (χ2v) is 9.11. The van der Waals surface area contributed by atoms with Gasteiger partial charge in [0.2, 0.25) is 0 Å². The zero-order chi connectivity index (χ0) is 27.5. The average molecular weight is 531 g/mol. The van der Waals surface area contributed by atoms with E-state index in [1.165, 1.54) is 18.5 Å². The van der Waals surface area contributed by atoms with E-state index in [2.05, 4.69) is 15.0 Å². The number of anilines is 1. The molecule has 5 N–H and O–H groups in total. The van der Waals surface area contributed by atoms with Crippen molar-refractivity contribution < 1.29 is 29.0 Å². The van der Waals surface area contributed by atoms with E-state index >= 15 is 0 Å². The summed E-state index contributed by atoms with van der Waals surface area (Å²) in [5, 5.41) is 9.37. The minimum Gasteiger partial charge on any atom is -0.490 e. The Morgan fingerprint density at radius 2 is 1.85 bits per heavy atom. The number of imidazole rings is 1. The van der Waals surface area contributed by atoms with Crippen LogP contribution in [0.1, 0.15) is 62.1 Å². The number of carboxylic acid groups (broad SMARTS) is 1. The van der Waals surface area contributed by atoms with Gasteiger partial charge in [0.05, 0.1) is 23.6 Å². The topological polar surface area (TPSA) is 186 Å². The first kappa shape index (κ1) is 25.8. The molecule has 2 atom stereocenters. The van der Waals surface area contributed by atoms with Gasteiger partial charge in [0, 0.05) is 12.0 Å². The zero-order valence-corrected chi connectivity index (χ0v) is 20.8. The van der Waals surface area contributed by atoms with Crippen molar-refractivity contribution in [3.8, 4) is 5.75 Å². The largest absolute Gasteiger partial charge is 0.490 e. The molecular weight excluding hydrogens is 504 g/mol. The van der Waals surface area contributed by atoms with Gasteiger partial charge in [-0.25, -0.2) is 19.7 Å². The van der Waals surface area contributed by atoms with Gasteiger partial charge in [0.1, 0.15) is 30.4 Å². The van der Waals surface area contributed by atoms with Crippen molar-refractivity contribution in [2.45, 2.75) is 38.0 Å². The highest BCUT2D eigenvalue weighted by Crippen LogP contribution is 2.32. The lowest BCUT2D eigenvalue weighted by molar-refractivity contribution is -0.0160. The number of carboxylic acids is 1. The number of nitrogens with two attached hydrogens (primary N) is 2. The smallest absolute Gasteiger partial charge is 0.336 e. The van der Waals surface area contributed by atoms with Gasteiger partial charge >= 0.3 is 5.97 Å². The van der Waals surface area contributed by atoms with Gasteiger partial charge in [-0.3, -0.25) is 14.2 Å². The van der Waals surface area contributed by atoms with Crippen LogP contribution >= 0.6 is 0 Å². The molecule has 4 aromatic rings. The number of aromatic carboxylic acids is 1. The Hall–Kier alpha value is -4.84. The molecule has 3 heterocycles. The lowest BCUT2D eigenvalue weighted by atomic mass is 9.96. The summed E-state index contributed by atoms with van der Waals surface area (Å²) >= 11 is 0. The van der Waals surface area contributed by atoms with Crippen LogP contribution in [0, 0.1) is 0 Å². The normalized spacial score (nSPS) is 16.8. The van der Waals surface area contributed by atoms with E-state index in [9.17, 15) is 19.5 Å². The van der Waals surface area contributed by atoms with Gasteiger partial charge in [-0.2, -0.15) is 0 Å². The predicted molar refractivity (Wildman–Crippen MR) is 139 cm³/mol. The van der Waals surface area contributed by atoms with Gasteiger partial charge in [-0.15, -0.1) is 0 Å². The molecular formula is C27H26N6O6. The molecule has 1 fully saturated rings. The lowest BCUT2D eigenvalue weighted by Crippen LogP contribution is -2.21. The van der Waals surface area contributed by atoms with Gasteiger partial charge < -0.3 is 26.0 Å². The maximum atomic E-state index is 12.8. The number of hydrogen-bond acceptors (Lipinski definition) is 9. The highest BCUT2D eigenvalue weighted by molar-refractivity contribution is 6.06. The van der Waals surface area contributed by atoms with E-state index in [0.717, 1.165) is 0 Å². The molecule has 1 aliphatic rings. The summed E-state index contributed by atoms with van der Waals surface area (Å²) in [6.07, 6.45) is 4.01. The number of ketones is 1. The van der Waals surface area contributed by atoms with Crippen molar-refractivity contribution in [2.75, 3.05) is 12.3 Å². The molecule has 0 radical (unpaired) electrons. The second kappa shape index (κ2) is 10.9. The number of hydrogen-bond donors (Lipinski definition) is 3. The first-order valence-corrected chi connectivity index (χ1v) is 12.3. The third kappa shape index (κ3) is 5.27. The first-order valence-electron chi connectivity index (χ1n) is 12.3. The molecule has 0 aliphatic carbocycles. The molecule has 0 spiro atoms. The van der Waals surface area contributed by atoms with Crippen LogP contribution in [-0.4, -0.2) is 55.0 Å². The number of aryl methyl sites for hydroxylation is 1. The van der Waals surface area contributed by atoms with Crippen molar-refractivity contribution in [3.63, 3.8) is 0 Å². The van der Waals surface area contributed by atoms with E-state index in [-0.39, 0.29) is 54.3 Å². The third-order valence-corrected chi connectivity index (χ3v) is 6.65. The Labute approximate surface area is 222 Å². The fourth-order valence-electron chi connectivity index (χ4n) is 4.76. The van der Waals surface area contributed by atoms with Crippen LogP contribution in [0.15, 0.2) is 55.1 Å². The molecule has 1 saturated heterocycles. The van der Waals surface area contributed by atoms with Crippen molar-refractivity contribution in [3.05, 3.63) is 77.4 Å². The number of Topliss-reactive ketones (excluding diaryl/α,β-unsaturated/α-hetero) is 1. The summed E-state index contributed by atoms with van der Waals surface area (Å²) in [7, 11) is 0. The molecule has 1 amide bonds. The van der Waals surface area contributed by atoms with Crippen LogP contribution in [0.4, 0.5) is 5.82 Å². The number of nitrogens with zero attached hydrogens (tertiary/aromatic N) is 4. The standard InChI is InChI=1S/C27H26N6O6/c28-24-23-26(31-13-30-24)33(14-32-23)21-11-9-16(39-21)12-38-20-7-3-4-15(22(20)25(29)35)8-10-19(34)17-5-1-2-6-18(17)27(36)37/h1-7,13-14,16,21H,8-12H2,(H2,29,35)(H,36,37)(H2,28,30,31). The van der Waals surface area contributed by atoms with Crippen molar-refractivity contribution in [2.24, 2.45) is 5.73 Å². The summed E-state index contributed by atoms with van der Waals surface area (Å²) in [4.78, 5) is 49.1. The van der Waals surface area contributed by atoms with Gasteiger partial charge in [-0.05, 0) is 37.0 Å². The highest BCUT2D eigenvalue weighted by Gasteiger charge is 2.29. The maximum Gasteiger partial charge on any atom is 0.336 e. The van der Waals surface area contributed by atoms with Gasteiger partial charge in [0.15, 0.2) is 17.2 Å². The summed E-state index contributed by atoms with van der Waals surface area (Å²) in [6.45, 7) is 0.175. The Morgan fingerprint density at radius 1 is 1.05 bits per heavy atom. The lowest BCUT2D eigenvalue weighted by Gasteiger charge is -2.18. The highest BCUT2D eigenvalue weighted by atomic mass is 16.6. The Balaban J connectivity index is 1.25. The average Bonchev–Trinajstić information content (AvgIpc) is 3.58. The third-order valence-electron chi connectivity index (χ3n) is 6.65. The predicted octanol–water partition coefficient (Wildman–Crippen LogP) is 2.78. The summed E-state index contributed by atoms with van der Waals surface area (Å²) < 4.78 is 13.9. The van der Waals surface area contributed by atoms with E-state index < -0.39 is 11.9 Å². The number of primary amides is 1. The Morgan fingerprint density at radius 3 is 2.62 bits per heavy atom. The number of carbonyl (C=O) groups excluding carboxylic acids is 2. The van der Waals surface area contributed by atoms with Gasteiger partial charge in [0.25, 0.3) is 5.91 Å². The van der Waals surface area contributed by atoms with Crippen LogP contribution in [0.25, 0.3) is 11.2 Å². The van der Waals surface area contributed by atoms with Gasteiger partial charge in [-0.1, -0.05) is 30.3 Å². The number of benzene rings is 2. The molecule has 39 heavy (non-hydrogen) atoms. The SMILES string of the molecule is NC(=O)c1c(CCC(=O)c2ccccc2C(=O)O)cccc1OCC1CCC(n2cnc3c(N)ncnc32)O1. The van der Waals surface area contributed by atoms with E-state index in [1.807, 2.05) is 4.57 Å². The Bertz CT molecular complexity index is 1570. The zero-order valence-electron chi connectivity index (χ0n) is 20.8. The molecule has 5 rings (SSSR count). The van der Waals surface area contributed by atoms with Crippen LogP contribution in [0.5, 0.6) is 5.75 Å². The van der Waals surface area contributed by atoms with Crippen molar-refractivity contribution >= 4 is 34.6 Å². The molecule has 12 nitrogen and oxygen atoms in total. The van der Waals surface area contributed by atoms with Crippen LogP contribution in [0.3, 0.4) is 0 Å². The maximum absolute atomic E-state index is 12.8. The van der Waals surface area contributed by atoms with Crippen LogP contribution in [-0.2, 0) is 11.2 Å². The molecule has 0 saturated carbocycles. The fraction of sp³-hybridized carbons (Fsp3) is 0.259. The van der Waals surface area contributed by atoms with E-state index in [4.69, 9.17) is 20.9 Å². The number of fused-ring (bicyclic) bond motifs is 1. The summed E-state index contributed by atoms with van der Waals surface area (Å²) in [5.74, 6) is -1.63. The first-order chi connectivity index (χ1) is 18.8. The molecule has 12 heteroatoms. The number of rotatable bonds is 10. The number of nitrogen functional groups attached to an aromatic ring is 1. The molecule has 0 bridgehead atoms. The monoisotopic (exact) mass is 530 g/mol. The fourth-order valence-corrected chi connectivity index (χ4v) is 4.76. The Kier molecular flexibility index (Phi) is 7.19. The number of amides is 1. The van der Waals surface area contributed by atoms with Crippen LogP contribution in [0.2, 0.25) is 0 Å². The van der Waals surface area contributed by atoms with E-state index in [1.54, 1.807) is 36.7 Å². The summed E-state index contributed by atoms with van der Waals surface area (Å²) in [6, 6.07) is 11.1. The molecule has 2 aromatic heterocycles. The minimum atomic E-state index is -1.18. The minimum absolute atomic E-state index is 0.00558. The van der Waals surface area contributed by atoms with E-state index in [0.29, 0.717) is 41.1 Å². The number of carbonyl (C=O) groups is 3. The number of aromatic nitrogens is 4. The molecule has 200 valence electrons. The van der Waals surface area contributed by atoms with Crippen molar-refractivity contribution in [1.29, 1.82) is 0 Å². The molecule has 2 aromatic carbocycles. The second-order valence-electron chi connectivity index (χ2n) is 9.11. The van der Waals surface area contributed by atoms with Crippen molar-refractivity contribution in [1.82, 2.24) is 19.5 Å². The summed E-state index contributed by atoms with van der Waals surface area (Å²) in [5.41, 5.74) is 13.4. The molecule has 1 aliphatic heterocycles. The number of ether oxygens (including phenoxy) is 2. The molecule has 2 unspecified atom stereocenters. The quantitative estimate of drug-likeness (QED) is 0.257. The van der Waals surface area contributed by atoms with Crippen LogP contribution < -0.4 is 16.2 Å².